The Balaban J connectivity index is 2.74. The highest BCUT2D eigenvalue weighted by atomic mass is 16.1. The molecule has 0 radical (unpaired) electrons. The molecular weight excluding hydrogens is 260 g/mol. The molecule has 1 aromatic heterocycles. The zero-order chi connectivity index (χ0) is 16.0. The summed E-state index contributed by atoms with van der Waals surface area (Å²) in [6.45, 7) is 14.7. The molecule has 1 N–H and O–H groups in total. The van der Waals surface area contributed by atoms with E-state index in [-0.39, 0.29) is 16.4 Å². The lowest BCUT2D eigenvalue weighted by molar-refractivity contribution is 0.517. The molecule has 0 amide bonds. The van der Waals surface area contributed by atoms with Crippen molar-refractivity contribution >= 4 is 0 Å². The van der Waals surface area contributed by atoms with Crippen molar-refractivity contribution in [3.8, 4) is 5.69 Å². The highest BCUT2D eigenvalue weighted by Crippen LogP contribution is 2.30. The Labute approximate surface area is 127 Å². The minimum atomic E-state index is -0.188. The van der Waals surface area contributed by atoms with E-state index in [9.17, 15) is 4.79 Å². The summed E-state index contributed by atoms with van der Waals surface area (Å²) in [5, 5.41) is 3.34. The zero-order valence-corrected chi connectivity index (χ0v) is 14.2. The van der Waals surface area contributed by atoms with E-state index in [1.807, 2.05) is 31.2 Å². The normalized spacial score (nSPS) is 12.7. The standard InChI is InChI=1S/C18H26N2O/c1-12-8-10-13(11-9-12)20-16(21)14(17(2,3)4)15(19-20)18(5,6)7/h8-11,19H,1-7H3. The number of H-pyrrole nitrogens is 1. The van der Waals surface area contributed by atoms with Crippen molar-refractivity contribution < 1.29 is 0 Å². The molecule has 0 spiro atoms. The lowest BCUT2D eigenvalue weighted by Crippen LogP contribution is -2.27. The third-order valence-corrected chi connectivity index (χ3v) is 3.68. The van der Waals surface area contributed by atoms with Gasteiger partial charge in [-0.1, -0.05) is 59.2 Å². The van der Waals surface area contributed by atoms with Crippen molar-refractivity contribution in [2.75, 3.05) is 0 Å². The van der Waals surface area contributed by atoms with Crippen LogP contribution in [0.4, 0.5) is 0 Å². The van der Waals surface area contributed by atoms with Gasteiger partial charge in [-0.25, -0.2) is 4.68 Å². The number of aromatic amines is 1. The Morgan fingerprint density at radius 3 is 1.81 bits per heavy atom. The maximum Gasteiger partial charge on any atom is 0.275 e. The lowest BCUT2D eigenvalue weighted by Gasteiger charge is -2.24. The molecule has 3 nitrogen and oxygen atoms in total. The number of benzene rings is 1. The maximum absolute atomic E-state index is 12.9. The van der Waals surface area contributed by atoms with Crippen molar-refractivity contribution in [3.63, 3.8) is 0 Å². The lowest BCUT2D eigenvalue weighted by atomic mass is 9.79. The fourth-order valence-electron chi connectivity index (χ4n) is 2.55. The van der Waals surface area contributed by atoms with Crippen LogP contribution < -0.4 is 5.56 Å². The molecule has 0 fully saturated rings. The van der Waals surface area contributed by atoms with Crippen LogP contribution in [0.25, 0.3) is 5.69 Å². The van der Waals surface area contributed by atoms with Crippen molar-refractivity contribution in [1.82, 2.24) is 9.78 Å². The number of nitrogens with zero attached hydrogens (tertiary/aromatic N) is 1. The third kappa shape index (κ3) is 2.97. The fraction of sp³-hybridized carbons (Fsp3) is 0.500. The molecule has 0 aliphatic heterocycles. The summed E-state index contributed by atoms with van der Waals surface area (Å²) in [6.07, 6.45) is 0. The first-order valence-corrected chi connectivity index (χ1v) is 7.45. The quantitative estimate of drug-likeness (QED) is 0.843. The molecule has 0 saturated heterocycles. The van der Waals surface area contributed by atoms with E-state index in [0.29, 0.717) is 0 Å². The maximum atomic E-state index is 12.9. The Bertz CT molecular complexity index is 689. The van der Waals surface area contributed by atoms with E-state index in [4.69, 9.17) is 0 Å². The summed E-state index contributed by atoms with van der Waals surface area (Å²) in [4.78, 5) is 12.9. The predicted octanol–water partition coefficient (Wildman–Crippen LogP) is 4.07. The Hall–Kier alpha value is -1.77. The summed E-state index contributed by atoms with van der Waals surface area (Å²) >= 11 is 0. The Morgan fingerprint density at radius 2 is 1.43 bits per heavy atom. The number of nitrogens with one attached hydrogen (secondary N) is 1. The molecule has 0 unspecified atom stereocenters. The number of aromatic nitrogens is 2. The zero-order valence-electron chi connectivity index (χ0n) is 14.2. The van der Waals surface area contributed by atoms with Gasteiger partial charge in [0.1, 0.15) is 0 Å². The van der Waals surface area contributed by atoms with Crippen molar-refractivity contribution in [1.29, 1.82) is 0 Å². The molecule has 1 aromatic carbocycles. The van der Waals surface area contributed by atoms with Crippen LogP contribution in [-0.2, 0) is 10.8 Å². The minimum Gasteiger partial charge on any atom is -0.294 e. The molecule has 0 aliphatic rings. The molecule has 0 aliphatic carbocycles. The average molecular weight is 286 g/mol. The van der Waals surface area contributed by atoms with Crippen LogP contribution in [0.1, 0.15) is 58.4 Å². The highest BCUT2D eigenvalue weighted by molar-refractivity contribution is 5.38. The summed E-state index contributed by atoms with van der Waals surface area (Å²) in [5.74, 6) is 0. The first kappa shape index (κ1) is 15.6. The van der Waals surface area contributed by atoms with Gasteiger partial charge in [-0.15, -0.1) is 0 Å². The van der Waals surface area contributed by atoms with Gasteiger partial charge in [-0.2, -0.15) is 0 Å². The van der Waals surface area contributed by atoms with E-state index < -0.39 is 0 Å². The van der Waals surface area contributed by atoms with Crippen molar-refractivity contribution in [2.45, 2.75) is 59.3 Å². The Morgan fingerprint density at radius 1 is 0.905 bits per heavy atom. The molecule has 0 bridgehead atoms. The average Bonchev–Trinajstić information content (AvgIpc) is 2.67. The van der Waals surface area contributed by atoms with E-state index in [1.54, 1.807) is 4.68 Å². The van der Waals surface area contributed by atoms with Crippen LogP contribution in [-0.4, -0.2) is 9.78 Å². The van der Waals surface area contributed by atoms with Crippen molar-refractivity contribution in [3.05, 3.63) is 51.4 Å². The number of hydrogen-bond donors (Lipinski definition) is 1. The van der Waals surface area contributed by atoms with Gasteiger partial charge in [-0.05, 0) is 24.5 Å². The van der Waals surface area contributed by atoms with Gasteiger partial charge in [-0.3, -0.25) is 9.89 Å². The van der Waals surface area contributed by atoms with E-state index >= 15 is 0 Å². The van der Waals surface area contributed by atoms with Gasteiger partial charge in [0.05, 0.1) is 5.69 Å². The number of aryl methyl sites for hydroxylation is 1. The van der Waals surface area contributed by atoms with Gasteiger partial charge >= 0.3 is 0 Å². The number of hydrogen-bond acceptors (Lipinski definition) is 1. The molecule has 21 heavy (non-hydrogen) atoms. The predicted molar refractivity (Wildman–Crippen MR) is 88.5 cm³/mol. The van der Waals surface area contributed by atoms with Gasteiger partial charge in [0.15, 0.2) is 0 Å². The molecular formula is C18H26N2O. The van der Waals surface area contributed by atoms with Gasteiger partial charge in [0.2, 0.25) is 0 Å². The first-order valence-electron chi connectivity index (χ1n) is 7.45. The minimum absolute atomic E-state index is 0.0521. The molecule has 114 valence electrons. The van der Waals surface area contributed by atoms with Gasteiger partial charge in [0, 0.05) is 16.7 Å². The topological polar surface area (TPSA) is 37.8 Å². The van der Waals surface area contributed by atoms with E-state index in [2.05, 4.69) is 46.6 Å². The van der Waals surface area contributed by atoms with E-state index in [0.717, 1.165) is 16.9 Å². The molecule has 3 heteroatoms. The smallest absolute Gasteiger partial charge is 0.275 e. The van der Waals surface area contributed by atoms with Crippen LogP contribution in [0.3, 0.4) is 0 Å². The van der Waals surface area contributed by atoms with Crippen LogP contribution >= 0.6 is 0 Å². The third-order valence-electron chi connectivity index (χ3n) is 3.68. The second kappa shape index (κ2) is 4.90. The summed E-state index contributed by atoms with van der Waals surface area (Å²) in [5.41, 5.74) is 3.72. The molecule has 0 atom stereocenters. The molecule has 1 heterocycles. The SMILES string of the molecule is Cc1ccc(-n2[nH]c(C(C)(C)C)c(C(C)(C)C)c2=O)cc1. The van der Waals surface area contributed by atoms with Crippen molar-refractivity contribution in [2.24, 2.45) is 0 Å². The van der Waals surface area contributed by atoms with Gasteiger partial charge in [0.25, 0.3) is 5.56 Å². The second-order valence-electron chi connectivity index (χ2n) is 7.84. The second-order valence-corrected chi connectivity index (χ2v) is 7.84. The summed E-state index contributed by atoms with van der Waals surface area (Å²) < 4.78 is 1.67. The largest absolute Gasteiger partial charge is 0.294 e. The van der Waals surface area contributed by atoms with Crippen LogP contribution in [0.15, 0.2) is 29.1 Å². The highest BCUT2D eigenvalue weighted by Gasteiger charge is 2.31. The fourth-order valence-corrected chi connectivity index (χ4v) is 2.55. The Kier molecular flexibility index (Phi) is 3.64. The monoisotopic (exact) mass is 286 g/mol. The summed E-state index contributed by atoms with van der Waals surface area (Å²) in [6, 6.07) is 8.00. The number of rotatable bonds is 1. The first-order chi connectivity index (χ1) is 9.51. The molecule has 2 aromatic rings. The summed E-state index contributed by atoms with van der Waals surface area (Å²) in [7, 11) is 0. The molecule has 0 saturated carbocycles. The van der Waals surface area contributed by atoms with Gasteiger partial charge < -0.3 is 0 Å². The van der Waals surface area contributed by atoms with Crippen LogP contribution in [0.2, 0.25) is 0 Å². The van der Waals surface area contributed by atoms with Crippen LogP contribution in [0, 0.1) is 6.92 Å². The van der Waals surface area contributed by atoms with Crippen LogP contribution in [0.5, 0.6) is 0 Å². The molecule has 2 rings (SSSR count). The van der Waals surface area contributed by atoms with E-state index in [1.165, 1.54) is 5.56 Å².